The second-order valence-corrected chi connectivity index (χ2v) is 5.03. The maximum Gasteiger partial charge on any atom is 0.218 e. The van der Waals surface area contributed by atoms with Gasteiger partial charge in [-0.2, -0.15) is 0 Å². The van der Waals surface area contributed by atoms with Crippen LogP contribution in [0.4, 0.5) is 5.82 Å². The van der Waals surface area contributed by atoms with E-state index in [1.54, 1.807) is 7.11 Å². The van der Waals surface area contributed by atoms with E-state index in [9.17, 15) is 0 Å². The Balaban J connectivity index is 2.20. The number of hydrogen-bond donors (Lipinski definition) is 1. The molecule has 2 heterocycles. The van der Waals surface area contributed by atoms with Crippen LogP contribution in [0.1, 0.15) is 13.8 Å². The number of anilines is 1. The van der Waals surface area contributed by atoms with Crippen LogP contribution >= 0.6 is 0 Å². The highest BCUT2D eigenvalue weighted by atomic mass is 16.5. The fourth-order valence-corrected chi connectivity index (χ4v) is 2.21. The summed E-state index contributed by atoms with van der Waals surface area (Å²) in [5.74, 6) is 1.41. The summed E-state index contributed by atoms with van der Waals surface area (Å²) in [6, 6.07) is 1.83. The van der Waals surface area contributed by atoms with Gasteiger partial charge in [-0.3, -0.25) is 0 Å². The first-order valence-electron chi connectivity index (χ1n) is 6.03. The summed E-state index contributed by atoms with van der Waals surface area (Å²) >= 11 is 0. The summed E-state index contributed by atoms with van der Waals surface area (Å²) in [6.07, 6.45) is 1.53. The van der Waals surface area contributed by atoms with Gasteiger partial charge in [-0.25, -0.2) is 9.97 Å². The largest absolute Gasteiger partial charge is 0.481 e. The van der Waals surface area contributed by atoms with Gasteiger partial charge in [0.2, 0.25) is 5.88 Å². The van der Waals surface area contributed by atoms with Crippen molar-refractivity contribution < 1.29 is 9.47 Å². The van der Waals surface area contributed by atoms with Crippen LogP contribution in [-0.2, 0) is 4.74 Å². The Kier molecular flexibility index (Phi) is 3.68. The van der Waals surface area contributed by atoms with E-state index in [0.29, 0.717) is 12.4 Å². The van der Waals surface area contributed by atoms with E-state index in [0.717, 1.165) is 18.9 Å². The molecule has 1 aromatic heterocycles. The quantitative estimate of drug-likeness (QED) is 0.841. The number of aromatic nitrogens is 2. The second-order valence-electron chi connectivity index (χ2n) is 5.03. The lowest BCUT2D eigenvalue weighted by atomic mass is 10.1. The number of rotatable bonds is 3. The molecule has 1 aromatic rings. The van der Waals surface area contributed by atoms with Gasteiger partial charge in [-0.05, 0) is 13.8 Å². The van der Waals surface area contributed by atoms with Gasteiger partial charge >= 0.3 is 0 Å². The van der Waals surface area contributed by atoms with Crippen molar-refractivity contribution in [1.29, 1.82) is 0 Å². The molecule has 0 radical (unpaired) electrons. The highest BCUT2D eigenvalue weighted by Crippen LogP contribution is 2.25. The highest BCUT2D eigenvalue weighted by Gasteiger charge is 2.33. The molecule has 1 fully saturated rings. The lowest BCUT2D eigenvalue weighted by Crippen LogP contribution is -2.55. The normalized spacial score (nSPS) is 22.9. The summed E-state index contributed by atoms with van der Waals surface area (Å²) in [5.41, 5.74) is 5.48. The third-order valence-electron chi connectivity index (χ3n) is 2.90. The summed E-state index contributed by atoms with van der Waals surface area (Å²) in [5, 5.41) is 0. The molecule has 0 amide bonds. The van der Waals surface area contributed by atoms with Crippen LogP contribution in [0.3, 0.4) is 0 Å². The maximum absolute atomic E-state index is 5.89. The Morgan fingerprint density at radius 1 is 1.56 bits per heavy atom. The number of morpholine rings is 1. The van der Waals surface area contributed by atoms with Gasteiger partial charge in [0.25, 0.3) is 0 Å². The Labute approximate surface area is 107 Å². The minimum atomic E-state index is -0.236. The highest BCUT2D eigenvalue weighted by molar-refractivity contribution is 5.42. The number of nitrogens with two attached hydrogens (primary N) is 1. The van der Waals surface area contributed by atoms with Gasteiger partial charge < -0.3 is 20.1 Å². The lowest BCUT2D eigenvalue weighted by Gasteiger charge is -2.43. The molecule has 0 bridgehead atoms. The van der Waals surface area contributed by atoms with Gasteiger partial charge in [0.05, 0.1) is 18.8 Å². The average molecular weight is 252 g/mol. The fraction of sp³-hybridized carbons (Fsp3) is 0.667. The summed E-state index contributed by atoms with van der Waals surface area (Å²) in [4.78, 5) is 10.5. The smallest absolute Gasteiger partial charge is 0.218 e. The van der Waals surface area contributed by atoms with Crippen molar-refractivity contribution in [1.82, 2.24) is 9.97 Å². The van der Waals surface area contributed by atoms with E-state index in [4.69, 9.17) is 15.2 Å². The van der Waals surface area contributed by atoms with E-state index >= 15 is 0 Å². The molecule has 6 heteroatoms. The molecule has 100 valence electrons. The van der Waals surface area contributed by atoms with Crippen molar-refractivity contribution >= 4 is 5.82 Å². The zero-order valence-electron chi connectivity index (χ0n) is 11.1. The van der Waals surface area contributed by atoms with Gasteiger partial charge in [0.15, 0.2) is 0 Å². The first-order chi connectivity index (χ1) is 8.54. The number of methoxy groups -OCH3 is 1. The van der Waals surface area contributed by atoms with Gasteiger partial charge in [-0.1, -0.05) is 0 Å². The summed E-state index contributed by atoms with van der Waals surface area (Å²) < 4.78 is 11.0. The zero-order chi connectivity index (χ0) is 13.2. The van der Waals surface area contributed by atoms with Crippen LogP contribution in [0.5, 0.6) is 5.88 Å². The fourth-order valence-electron chi connectivity index (χ4n) is 2.21. The molecule has 6 nitrogen and oxygen atoms in total. The molecular weight excluding hydrogens is 232 g/mol. The van der Waals surface area contributed by atoms with E-state index < -0.39 is 0 Å². The molecule has 0 saturated carbocycles. The molecule has 1 aliphatic heterocycles. The van der Waals surface area contributed by atoms with Crippen LogP contribution in [0.15, 0.2) is 12.4 Å². The number of hydrogen-bond acceptors (Lipinski definition) is 6. The van der Waals surface area contributed by atoms with Crippen LogP contribution in [0, 0.1) is 0 Å². The molecule has 18 heavy (non-hydrogen) atoms. The van der Waals surface area contributed by atoms with E-state index in [2.05, 4.69) is 28.7 Å². The molecule has 1 unspecified atom stereocenters. The first-order valence-corrected chi connectivity index (χ1v) is 6.03. The molecule has 0 aromatic carbocycles. The van der Waals surface area contributed by atoms with Crippen molar-refractivity contribution in [3.63, 3.8) is 0 Å². The van der Waals surface area contributed by atoms with Crippen LogP contribution in [-0.4, -0.2) is 48.4 Å². The first kappa shape index (κ1) is 13.0. The van der Waals surface area contributed by atoms with E-state index in [1.807, 2.05) is 6.07 Å². The maximum atomic E-state index is 5.89. The zero-order valence-corrected chi connectivity index (χ0v) is 11.1. The Morgan fingerprint density at radius 2 is 2.33 bits per heavy atom. The monoisotopic (exact) mass is 252 g/mol. The van der Waals surface area contributed by atoms with Crippen LogP contribution in [0.25, 0.3) is 0 Å². The van der Waals surface area contributed by atoms with Crippen LogP contribution in [0.2, 0.25) is 0 Å². The Morgan fingerprint density at radius 3 is 3.00 bits per heavy atom. The number of ether oxygens (including phenoxy) is 2. The minimum absolute atomic E-state index is 0.0229. The molecular formula is C12H20N4O2. The third kappa shape index (κ3) is 2.88. The van der Waals surface area contributed by atoms with E-state index in [1.165, 1.54) is 6.33 Å². The lowest BCUT2D eigenvalue weighted by molar-refractivity contribution is -0.0790. The molecule has 0 spiro atoms. The summed E-state index contributed by atoms with van der Waals surface area (Å²) in [7, 11) is 1.60. The molecule has 1 atom stereocenters. The van der Waals surface area contributed by atoms with Crippen molar-refractivity contribution in [2.75, 3.05) is 31.6 Å². The molecule has 2 N–H and O–H groups in total. The number of nitrogens with zero attached hydrogens (tertiary/aromatic N) is 3. The molecule has 2 rings (SSSR count). The molecule has 0 aliphatic carbocycles. The molecule has 1 aliphatic rings. The minimum Gasteiger partial charge on any atom is -0.481 e. The Bertz CT molecular complexity index is 411. The van der Waals surface area contributed by atoms with Crippen molar-refractivity contribution in [3.05, 3.63) is 12.4 Å². The van der Waals surface area contributed by atoms with Crippen molar-refractivity contribution in [2.45, 2.75) is 25.6 Å². The average Bonchev–Trinajstić information content (AvgIpc) is 2.37. The van der Waals surface area contributed by atoms with Gasteiger partial charge in [0, 0.05) is 25.7 Å². The molecule has 1 saturated heterocycles. The second kappa shape index (κ2) is 5.07. The van der Waals surface area contributed by atoms with Gasteiger partial charge in [-0.15, -0.1) is 0 Å². The summed E-state index contributed by atoms with van der Waals surface area (Å²) in [6.45, 7) is 6.12. The van der Waals surface area contributed by atoms with Crippen molar-refractivity contribution in [3.8, 4) is 5.88 Å². The SMILES string of the molecule is COc1cc(N2CC(CN)OC(C)(C)C2)ncn1. The van der Waals surface area contributed by atoms with Gasteiger partial charge in [0.1, 0.15) is 12.1 Å². The van der Waals surface area contributed by atoms with Crippen molar-refractivity contribution in [2.24, 2.45) is 5.73 Å². The Hall–Kier alpha value is -1.40. The predicted molar refractivity (Wildman–Crippen MR) is 68.8 cm³/mol. The topological polar surface area (TPSA) is 73.5 Å². The third-order valence-corrected chi connectivity index (χ3v) is 2.90. The predicted octanol–water partition coefficient (Wildman–Crippen LogP) is 0.428. The standard InChI is InChI=1S/C12H20N4O2/c1-12(2)7-16(6-9(5-13)18-12)10-4-11(17-3)15-8-14-10/h4,8-9H,5-7,13H2,1-3H3. The van der Waals surface area contributed by atoms with Crippen LogP contribution < -0.4 is 15.4 Å². The van der Waals surface area contributed by atoms with E-state index in [-0.39, 0.29) is 11.7 Å².